The Morgan fingerprint density at radius 2 is 2.08 bits per heavy atom. The van der Waals surface area contributed by atoms with Gasteiger partial charge in [0.25, 0.3) is 0 Å². The van der Waals surface area contributed by atoms with Crippen molar-refractivity contribution in [2.24, 2.45) is 4.99 Å². The number of benzene rings is 1. The van der Waals surface area contributed by atoms with Crippen LogP contribution in [0.4, 0.5) is 0 Å². The van der Waals surface area contributed by atoms with Gasteiger partial charge in [-0.2, -0.15) is 4.99 Å². The lowest BCUT2D eigenvalue weighted by Crippen LogP contribution is -2.22. The van der Waals surface area contributed by atoms with Crippen LogP contribution in [0, 0.1) is 13.8 Å². The van der Waals surface area contributed by atoms with Crippen molar-refractivity contribution < 1.29 is 18.7 Å². The van der Waals surface area contributed by atoms with Gasteiger partial charge in [0.1, 0.15) is 6.54 Å². The van der Waals surface area contributed by atoms with E-state index in [1.807, 2.05) is 19.9 Å². The molecule has 3 rings (SSSR count). The van der Waals surface area contributed by atoms with Gasteiger partial charge in [-0.3, -0.25) is 9.59 Å². The molecule has 3 aromatic rings. The second-order valence-corrected chi connectivity index (χ2v) is 7.26. The minimum atomic E-state index is -0.509. The SMILES string of the molecule is COC(=O)Cn1c(=NC(=O)c2ccc(Br)o2)sc2c(C)cc(C)cc21. The molecule has 0 aliphatic carbocycles. The van der Waals surface area contributed by atoms with Crippen LogP contribution in [-0.4, -0.2) is 23.6 Å². The fraction of sp³-hybridized carbons (Fsp3) is 0.235. The van der Waals surface area contributed by atoms with Crippen molar-refractivity contribution in [2.75, 3.05) is 7.11 Å². The van der Waals surface area contributed by atoms with Crippen LogP contribution in [0.5, 0.6) is 0 Å². The lowest BCUT2D eigenvalue weighted by atomic mass is 10.1. The normalized spacial score (nSPS) is 11.9. The molecule has 0 atom stereocenters. The third kappa shape index (κ3) is 3.59. The number of ether oxygens (including phenoxy) is 1. The average molecular weight is 423 g/mol. The number of nitrogens with zero attached hydrogens (tertiary/aromatic N) is 2. The van der Waals surface area contributed by atoms with E-state index in [0.717, 1.165) is 21.3 Å². The lowest BCUT2D eigenvalue weighted by Gasteiger charge is -2.05. The zero-order chi connectivity index (χ0) is 18.1. The van der Waals surface area contributed by atoms with E-state index in [1.54, 1.807) is 16.7 Å². The van der Waals surface area contributed by atoms with E-state index in [0.29, 0.717) is 9.47 Å². The molecule has 2 heterocycles. The molecule has 6 nitrogen and oxygen atoms in total. The Balaban J connectivity index is 2.20. The van der Waals surface area contributed by atoms with Crippen molar-refractivity contribution >= 4 is 49.4 Å². The molecule has 0 unspecified atom stereocenters. The lowest BCUT2D eigenvalue weighted by molar-refractivity contribution is -0.141. The van der Waals surface area contributed by atoms with Crippen LogP contribution in [-0.2, 0) is 16.1 Å². The summed E-state index contributed by atoms with van der Waals surface area (Å²) in [5.74, 6) is -0.791. The number of carbonyl (C=O) groups excluding carboxylic acids is 2. The van der Waals surface area contributed by atoms with Gasteiger partial charge in [0.05, 0.1) is 17.3 Å². The predicted octanol–water partition coefficient (Wildman–Crippen LogP) is 3.59. The molecule has 8 heteroatoms. The van der Waals surface area contributed by atoms with Crippen molar-refractivity contribution in [2.45, 2.75) is 20.4 Å². The largest absolute Gasteiger partial charge is 0.468 e. The summed E-state index contributed by atoms with van der Waals surface area (Å²) >= 11 is 4.52. The monoisotopic (exact) mass is 422 g/mol. The Bertz CT molecular complexity index is 1040. The Morgan fingerprint density at radius 3 is 2.72 bits per heavy atom. The van der Waals surface area contributed by atoms with Crippen molar-refractivity contribution in [1.82, 2.24) is 4.57 Å². The number of aryl methyl sites for hydroxylation is 2. The van der Waals surface area contributed by atoms with Gasteiger partial charge >= 0.3 is 11.9 Å². The molecule has 2 aromatic heterocycles. The standard InChI is InChI=1S/C17H15BrN2O4S/c1-9-6-10(2)15-11(7-9)20(8-14(21)23-3)17(25-15)19-16(22)12-4-5-13(18)24-12/h4-7H,8H2,1-3H3. The highest BCUT2D eigenvalue weighted by atomic mass is 79.9. The average Bonchev–Trinajstić information content (AvgIpc) is 3.13. The van der Waals surface area contributed by atoms with Crippen molar-refractivity contribution in [3.05, 3.63) is 50.6 Å². The van der Waals surface area contributed by atoms with E-state index in [2.05, 4.69) is 27.0 Å². The number of fused-ring (bicyclic) bond motifs is 1. The van der Waals surface area contributed by atoms with Gasteiger partial charge in [-0.15, -0.1) is 0 Å². The van der Waals surface area contributed by atoms with Crippen LogP contribution in [0.2, 0.25) is 0 Å². The molecule has 0 N–H and O–H groups in total. The molecule has 0 spiro atoms. The summed E-state index contributed by atoms with van der Waals surface area (Å²) in [4.78, 5) is 28.8. The van der Waals surface area contributed by atoms with Gasteiger partial charge in [-0.1, -0.05) is 17.4 Å². The minimum Gasteiger partial charge on any atom is -0.468 e. The smallest absolute Gasteiger partial charge is 0.325 e. The second kappa shape index (κ2) is 6.97. The van der Waals surface area contributed by atoms with E-state index >= 15 is 0 Å². The first-order valence-corrected chi connectivity index (χ1v) is 9.02. The molecule has 0 radical (unpaired) electrons. The number of esters is 1. The van der Waals surface area contributed by atoms with E-state index in [1.165, 1.54) is 18.4 Å². The molecule has 0 saturated heterocycles. The fourth-order valence-electron chi connectivity index (χ4n) is 2.52. The van der Waals surface area contributed by atoms with E-state index in [4.69, 9.17) is 9.15 Å². The van der Waals surface area contributed by atoms with E-state index < -0.39 is 11.9 Å². The molecule has 25 heavy (non-hydrogen) atoms. The summed E-state index contributed by atoms with van der Waals surface area (Å²) in [7, 11) is 1.33. The third-order valence-electron chi connectivity index (χ3n) is 3.61. The highest BCUT2D eigenvalue weighted by Gasteiger charge is 2.15. The molecule has 0 bridgehead atoms. The summed E-state index contributed by atoms with van der Waals surface area (Å²) in [6.45, 7) is 3.95. The van der Waals surface area contributed by atoms with Crippen LogP contribution in [0.3, 0.4) is 0 Å². The van der Waals surface area contributed by atoms with Crippen molar-refractivity contribution in [1.29, 1.82) is 0 Å². The number of aromatic nitrogens is 1. The van der Waals surface area contributed by atoms with Crippen LogP contribution in [0.1, 0.15) is 21.7 Å². The summed E-state index contributed by atoms with van der Waals surface area (Å²) in [5, 5.41) is 0. The van der Waals surface area contributed by atoms with Crippen LogP contribution >= 0.6 is 27.3 Å². The Labute approximate surface area is 155 Å². The number of carbonyl (C=O) groups is 2. The highest BCUT2D eigenvalue weighted by molar-refractivity contribution is 9.10. The van der Waals surface area contributed by atoms with Gasteiger partial charge in [0, 0.05) is 0 Å². The number of hydrogen-bond acceptors (Lipinski definition) is 5. The molecular formula is C17H15BrN2O4S. The van der Waals surface area contributed by atoms with Gasteiger partial charge < -0.3 is 13.7 Å². The van der Waals surface area contributed by atoms with Gasteiger partial charge in [-0.25, -0.2) is 0 Å². The van der Waals surface area contributed by atoms with Crippen molar-refractivity contribution in [3.63, 3.8) is 0 Å². The number of methoxy groups -OCH3 is 1. The first kappa shape index (κ1) is 17.6. The molecule has 0 fully saturated rings. The highest BCUT2D eigenvalue weighted by Crippen LogP contribution is 2.24. The Morgan fingerprint density at radius 1 is 1.32 bits per heavy atom. The fourth-order valence-corrected chi connectivity index (χ4v) is 3.90. The number of furan rings is 1. The number of rotatable bonds is 3. The molecule has 0 aliphatic rings. The summed E-state index contributed by atoms with van der Waals surface area (Å²) < 4.78 is 13.2. The van der Waals surface area contributed by atoms with E-state index in [9.17, 15) is 9.59 Å². The number of hydrogen-bond donors (Lipinski definition) is 0. The molecule has 1 aromatic carbocycles. The summed E-state index contributed by atoms with van der Waals surface area (Å²) in [5.41, 5.74) is 2.97. The Kier molecular flexibility index (Phi) is 4.91. The topological polar surface area (TPSA) is 73.8 Å². The maximum Gasteiger partial charge on any atom is 0.325 e. The summed E-state index contributed by atoms with van der Waals surface area (Å²) in [6, 6.07) is 7.19. The molecular weight excluding hydrogens is 408 g/mol. The third-order valence-corrected chi connectivity index (χ3v) is 5.27. The maximum absolute atomic E-state index is 12.4. The predicted molar refractivity (Wildman–Crippen MR) is 97.6 cm³/mol. The quantitative estimate of drug-likeness (QED) is 0.604. The zero-order valence-electron chi connectivity index (χ0n) is 13.8. The van der Waals surface area contributed by atoms with Crippen LogP contribution in [0.25, 0.3) is 10.2 Å². The van der Waals surface area contributed by atoms with Crippen molar-refractivity contribution in [3.8, 4) is 0 Å². The molecule has 130 valence electrons. The van der Waals surface area contributed by atoms with Gasteiger partial charge in [0.15, 0.2) is 15.2 Å². The number of thiazole rings is 1. The minimum absolute atomic E-state index is 0.0205. The second-order valence-electron chi connectivity index (χ2n) is 5.50. The molecule has 0 saturated carbocycles. The molecule has 0 aliphatic heterocycles. The summed E-state index contributed by atoms with van der Waals surface area (Å²) in [6.07, 6.45) is 0. The number of halogens is 1. The van der Waals surface area contributed by atoms with E-state index in [-0.39, 0.29) is 12.3 Å². The maximum atomic E-state index is 12.4. The van der Waals surface area contributed by atoms with Crippen LogP contribution < -0.4 is 4.80 Å². The first-order valence-electron chi connectivity index (χ1n) is 7.41. The molecule has 1 amide bonds. The first-order chi connectivity index (χ1) is 11.9. The zero-order valence-corrected chi connectivity index (χ0v) is 16.2. The van der Waals surface area contributed by atoms with Crippen LogP contribution in [0.15, 0.2) is 38.3 Å². The number of amides is 1. The van der Waals surface area contributed by atoms with Gasteiger partial charge in [0.2, 0.25) is 0 Å². The van der Waals surface area contributed by atoms with Gasteiger partial charge in [-0.05, 0) is 59.1 Å². The Hall–Kier alpha value is -2.19.